The number of hydrogen-bond donors (Lipinski definition) is 3. The van der Waals surface area contributed by atoms with Crippen LogP contribution in [-0.2, 0) is 0 Å². The van der Waals surface area contributed by atoms with Crippen molar-refractivity contribution in [1.82, 2.24) is 24.9 Å². The average Bonchev–Trinajstić information content (AvgIpc) is 3.23. The van der Waals surface area contributed by atoms with Gasteiger partial charge < -0.3 is 15.6 Å². The molecular weight excluding hydrogens is 447 g/mol. The molecular formula is C22H24Cl2N8. The van der Waals surface area contributed by atoms with Crippen LogP contribution in [0.5, 0.6) is 0 Å². The van der Waals surface area contributed by atoms with Gasteiger partial charge in [-0.3, -0.25) is 0 Å². The van der Waals surface area contributed by atoms with Gasteiger partial charge in [0.1, 0.15) is 17.7 Å². The number of halogens is 2. The third-order valence-corrected chi connectivity index (χ3v) is 6.32. The van der Waals surface area contributed by atoms with Gasteiger partial charge in [-0.1, -0.05) is 0 Å². The summed E-state index contributed by atoms with van der Waals surface area (Å²) in [6.45, 7) is 3.15. The summed E-state index contributed by atoms with van der Waals surface area (Å²) in [7, 11) is 0. The van der Waals surface area contributed by atoms with Crippen LogP contribution < -0.4 is 10.6 Å². The zero-order chi connectivity index (χ0) is 22.5. The highest BCUT2D eigenvalue weighted by Gasteiger charge is 2.33. The molecule has 1 fully saturated rings. The molecule has 8 nitrogen and oxygen atoms in total. The number of nitrogens with zero attached hydrogens (tertiary/aromatic N) is 5. The summed E-state index contributed by atoms with van der Waals surface area (Å²) in [5.74, 6) is 2.07. The number of nitrogens with one attached hydrogen (secondary N) is 3. The molecule has 0 aliphatic heterocycles. The minimum Gasteiger partial charge on any atom is -0.368 e. The van der Waals surface area contributed by atoms with E-state index in [0.29, 0.717) is 30.4 Å². The van der Waals surface area contributed by atoms with E-state index >= 15 is 0 Å². The SMILES string of the molecule is Cc1c[nH]c(-c2cnc(NCCNc3ccc(C#N)cn3)nc2C2CCC(Cl)CC2Cl)n1. The van der Waals surface area contributed by atoms with Crippen molar-refractivity contribution in [2.24, 2.45) is 0 Å². The molecule has 166 valence electrons. The van der Waals surface area contributed by atoms with Crippen LogP contribution in [0.1, 0.15) is 42.1 Å². The van der Waals surface area contributed by atoms with E-state index in [9.17, 15) is 0 Å². The number of H-pyrrole nitrogens is 1. The smallest absolute Gasteiger partial charge is 0.222 e. The Labute approximate surface area is 196 Å². The fourth-order valence-corrected chi connectivity index (χ4v) is 4.67. The summed E-state index contributed by atoms with van der Waals surface area (Å²) >= 11 is 13.0. The van der Waals surface area contributed by atoms with Crippen LogP contribution in [0.4, 0.5) is 11.8 Å². The van der Waals surface area contributed by atoms with Gasteiger partial charge in [-0.15, -0.1) is 23.2 Å². The minimum absolute atomic E-state index is 0.0802. The molecule has 3 unspecified atom stereocenters. The lowest BCUT2D eigenvalue weighted by molar-refractivity contribution is 0.449. The summed E-state index contributed by atoms with van der Waals surface area (Å²) in [5, 5.41) is 15.3. The Morgan fingerprint density at radius 3 is 2.66 bits per heavy atom. The number of anilines is 2. The number of rotatable bonds is 7. The van der Waals surface area contributed by atoms with Crippen LogP contribution in [0.15, 0.2) is 30.7 Å². The van der Waals surface area contributed by atoms with E-state index in [0.717, 1.165) is 42.0 Å². The quantitative estimate of drug-likeness (QED) is 0.345. The highest BCUT2D eigenvalue weighted by molar-refractivity contribution is 6.24. The fraction of sp³-hybridized carbons (Fsp3) is 0.409. The predicted octanol–water partition coefficient (Wildman–Crippen LogP) is 4.45. The zero-order valence-corrected chi connectivity index (χ0v) is 19.2. The molecule has 32 heavy (non-hydrogen) atoms. The molecule has 10 heteroatoms. The third-order valence-electron chi connectivity index (χ3n) is 5.45. The molecule has 0 aromatic carbocycles. The number of aryl methyl sites for hydroxylation is 1. The van der Waals surface area contributed by atoms with E-state index in [2.05, 4.69) is 36.6 Å². The summed E-state index contributed by atoms with van der Waals surface area (Å²) in [4.78, 5) is 21.3. The van der Waals surface area contributed by atoms with Crippen LogP contribution in [0.25, 0.3) is 11.4 Å². The molecule has 0 amide bonds. The average molecular weight is 471 g/mol. The van der Waals surface area contributed by atoms with Gasteiger partial charge in [-0.25, -0.2) is 19.9 Å². The summed E-state index contributed by atoms with van der Waals surface area (Å²) in [5.41, 5.74) is 3.19. The fourth-order valence-electron chi connectivity index (χ4n) is 3.80. The number of aromatic nitrogens is 5. The van der Waals surface area contributed by atoms with Crippen LogP contribution in [0.3, 0.4) is 0 Å². The van der Waals surface area contributed by atoms with E-state index < -0.39 is 0 Å². The van der Waals surface area contributed by atoms with Crippen molar-refractivity contribution >= 4 is 35.0 Å². The van der Waals surface area contributed by atoms with Crippen LogP contribution in [0.2, 0.25) is 0 Å². The first-order valence-electron chi connectivity index (χ1n) is 10.5. The third kappa shape index (κ3) is 5.29. The van der Waals surface area contributed by atoms with Crippen LogP contribution in [-0.4, -0.2) is 48.8 Å². The van der Waals surface area contributed by atoms with Gasteiger partial charge in [0.25, 0.3) is 0 Å². The van der Waals surface area contributed by atoms with E-state index in [1.54, 1.807) is 24.5 Å². The lowest BCUT2D eigenvalue weighted by Crippen LogP contribution is -2.26. The number of pyridine rings is 1. The maximum absolute atomic E-state index is 8.85. The van der Waals surface area contributed by atoms with Gasteiger partial charge in [0, 0.05) is 48.4 Å². The van der Waals surface area contributed by atoms with E-state index in [4.69, 9.17) is 33.4 Å². The van der Waals surface area contributed by atoms with E-state index in [-0.39, 0.29) is 16.7 Å². The summed E-state index contributed by atoms with van der Waals surface area (Å²) < 4.78 is 0. The standard InChI is InChI=1S/C22H24Cl2N8/c1-13-10-29-21(31-13)17-12-30-22(32-20(17)16-4-3-15(23)8-18(16)24)27-7-6-26-19-5-2-14(9-25)11-28-19/h2,5,10-12,15-16,18H,3-4,6-8H2,1H3,(H,26,28)(H,29,31)(H,27,30,32). The Morgan fingerprint density at radius 1 is 1.12 bits per heavy atom. The van der Waals surface area contributed by atoms with Crippen LogP contribution in [0, 0.1) is 18.3 Å². The van der Waals surface area contributed by atoms with Gasteiger partial charge in [0.15, 0.2) is 0 Å². The molecule has 0 spiro atoms. The lowest BCUT2D eigenvalue weighted by atomic mass is 9.84. The maximum Gasteiger partial charge on any atom is 0.222 e. The number of aromatic amines is 1. The molecule has 3 atom stereocenters. The highest BCUT2D eigenvalue weighted by atomic mass is 35.5. The number of imidazole rings is 1. The Balaban J connectivity index is 1.47. The molecule has 3 aromatic heterocycles. The van der Waals surface area contributed by atoms with Crippen molar-refractivity contribution in [1.29, 1.82) is 5.26 Å². The first-order chi connectivity index (χ1) is 15.5. The molecule has 3 heterocycles. The normalized spacial score (nSPS) is 20.5. The monoisotopic (exact) mass is 470 g/mol. The first kappa shape index (κ1) is 22.3. The second kappa shape index (κ2) is 10.2. The Bertz CT molecular complexity index is 1090. The molecule has 3 N–H and O–H groups in total. The topological polar surface area (TPSA) is 115 Å². The summed E-state index contributed by atoms with van der Waals surface area (Å²) in [6, 6.07) is 5.56. The molecule has 3 aromatic rings. The highest BCUT2D eigenvalue weighted by Crippen LogP contribution is 2.40. The largest absolute Gasteiger partial charge is 0.368 e. The van der Waals surface area contributed by atoms with Crippen molar-refractivity contribution in [2.45, 2.75) is 42.9 Å². The Hall–Kier alpha value is -2.89. The molecule has 0 radical (unpaired) electrons. The van der Waals surface area contributed by atoms with Crippen molar-refractivity contribution < 1.29 is 0 Å². The zero-order valence-electron chi connectivity index (χ0n) is 17.6. The predicted molar refractivity (Wildman–Crippen MR) is 126 cm³/mol. The number of hydrogen-bond acceptors (Lipinski definition) is 7. The number of alkyl halides is 2. The molecule has 1 aliphatic carbocycles. The van der Waals surface area contributed by atoms with Gasteiger partial charge in [0.05, 0.1) is 22.5 Å². The van der Waals surface area contributed by atoms with Gasteiger partial charge >= 0.3 is 0 Å². The lowest BCUT2D eigenvalue weighted by Gasteiger charge is -2.30. The first-order valence-corrected chi connectivity index (χ1v) is 11.4. The second-order valence-electron chi connectivity index (χ2n) is 7.81. The van der Waals surface area contributed by atoms with Gasteiger partial charge in [-0.2, -0.15) is 5.26 Å². The van der Waals surface area contributed by atoms with Gasteiger partial charge in [0.2, 0.25) is 5.95 Å². The second-order valence-corrected chi connectivity index (χ2v) is 8.99. The molecule has 0 saturated heterocycles. The summed E-state index contributed by atoms with van der Waals surface area (Å²) in [6.07, 6.45) is 7.73. The van der Waals surface area contributed by atoms with Crippen LogP contribution >= 0.6 is 23.2 Å². The van der Waals surface area contributed by atoms with Crippen molar-refractivity contribution in [2.75, 3.05) is 23.7 Å². The van der Waals surface area contributed by atoms with Gasteiger partial charge in [-0.05, 0) is 38.3 Å². The van der Waals surface area contributed by atoms with Crippen molar-refractivity contribution in [3.8, 4) is 17.5 Å². The Morgan fingerprint density at radius 2 is 1.97 bits per heavy atom. The molecule has 1 saturated carbocycles. The molecule has 0 bridgehead atoms. The number of nitriles is 1. The van der Waals surface area contributed by atoms with Crippen molar-refractivity contribution in [3.05, 3.63) is 47.7 Å². The minimum atomic E-state index is -0.0899. The van der Waals surface area contributed by atoms with E-state index in [1.807, 2.05) is 13.1 Å². The maximum atomic E-state index is 8.85. The van der Waals surface area contributed by atoms with E-state index in [1.165, 1.54) is 0 Å². The molecule has 4 rings (SSSR count). The Kier molecular flexibility index (Phi) is 7.08. The van der Waals surface area contributed by atoms with Crippen molar-refractivity contribution in [3.63, 3.8) is 0 Å². The molecule has 1 aliphatic rings.